The van der Waals surface area contributed by atoms with Crippen LogP contribution in [0.1, 0.15) is 19.3 Å². The minimum atomic E-state index is 0.465. The maximum absolute atomic E-state index is 6.20. The van der Waals surface area contributed by atoms with Crippen molar-refractivity contribution >= 4 is 46.2 Å². The van der Waals surface area contributed by atoms with Gasteiger partial charge in [-0.3, -0.25) is 0 Å². The molecule has 2 heterocycles. The number of nitrogens with zero attached hydrogens (tertiary/aromatic N) is 3. The van der Waals surface area contributed by atoms with Crippen LogP contribution in [0.15, 0.2) is 24.5 Å². The zero-order valence-corrected chi connectivity index (χ0v) is 15.4. The lowest BCUT2D eigenvalue weighted by atomic mass is 10.1. The first kappa shape index (κ1) is 18.0. The Labute approximate surface area is 157 Å². The van der Waals surface area contributed by atoms with Crippen molar-refractivity contribution in [3.8, 4) is 0 Å². The molecule has 0 bridgehead atoms. The van der Waals surface area contributed by atoms with Gasteiger partial charge in [0, 0.05) is 18.1 Å². The fraction of sp³-hybridized carbons (Fsp3) is 0.412. The molecular formula is C17H22Cl2N6. The average Bonchev–Trinajstić information content (AvgIpc) is 2.61. The van der Waals surface area contributed by atoms with Crippen LogP contribution >= 0.6 is 23.2 Å². The molecule has 4 N–H and O–H groups in total. The number of nitrogen functional groups attached to an aromatic ring is 1. The van der Waals surface area contributed by atoms with Crippen LogP contribution in [0, 0.1) is 0 Å². The van der Waals surface area contributed by atoms with Crippen LogP contribution in [0.2, 0.25) is 10.0 Å². The summed E-state index contributed by atoms with van der Waals surface area (Å²) in [6.07, 6.45) is 5.38. The van der Waals surface area contributed by atoms with Crippen molar-refractivity contribution in [3.05, 3.63) is 34.6 Å². The number of nitrogens with one attached hydrogen (secondary N) is 2. The highest BCUT2D eigenvalue weighted by atomic mass is 35.5. The molecule has 25 heavy (non-hydrogen) atoms. The minimum absolute atomic E-state index is 0.465. The summed E-state index contributed by atoms with van der Waals surface area (Å²) >= 11 is 12.1. The van der Waals surface area contributed by atoms with Crippen molar-refractivity contribution in [2.45, 2.75) is 19.3 Å². The van der Waals surface area contributed by atoms with Crippen molar-refractivity contribution in [1.82, 2.24) is 14.9 Å². The normalized spacial score (nSPS) is 15.1. The van der Waals surface area contributed by atoms with Crippen molar-refractivity contribution in [2.75, 3.05) is 42.5 Å². The lowest BCUT2D eigenvalue weighted by Gasteiger charge is -2.26. The van der Waals surface area contributed by atoms with Gasteiger partial charge in [0.15, 0.2) is 11.6 Å². The number of rotatable bonds is 6. The van der Waals surface area contributed by atoms with E-state index in [1.54, 1.807) is 18.2 Å². The lowest BCUT2D eigenvalue weighted by molar-refractivity contribution is 0.237. The number of hydrogen-bond donors (Lipinski definition) is 3. The van der Waals surface area contributed by atoms with Gasteiger partial charge in [-0.2, -0.15) is 0 Å². The van der Waals surface area contributed by atoms with Crippen molar-refractivity contribution < 1.29 is 0 Å². The van der Waals surface area contributed by atoms with Crippen molar-refractivity contribution in [3.63, 3.8) is 0 Å². The molecule has 0 unspecified atom stereocenters. The number of piperidine rings is 1. The number of halogens is 2. The van der Waals surface area contributed by atoms with Gasteiger partial charge < -0.3 is 21.3 Å². The predicted molar refractivity (Wildman–Crippen MR) is 105 cm³/mol. The van der Waals surface area contributed by atoms with Gasteiger partial charge in [-0.05, 0) is 44.1 Å². The molecule has 0 aliphatic carbocycles. The summed E-state index contributed by atoms with van der Waals surface area (Å²) in [6, 6.07) is 5.21. The second-order valence-corrected chi connectivity index (χ2v) is 6.91. The molecule has 1 aliphatic heterocycles. The van der Waals surface area contributed by atoms with Gasteiger partial charge in [-0.1, -0.05) is 29.6 Å². The quantitative estimate of drug-likeness (QED) is 0.702. The van der Waals surface area contributed by atoms with E-state index in [0.29, 0.717) is 33.1 Å². The van der Waals surface area contributed by atoms with E-state index >= 15 is 0 Å². The predicted octanol–water partition coefficient (Wildman–Crippen LogP) is 4.01. The van der Waals surface area contributed by atoms with Gasteiger partial charge in [0.25, 0.3) is 0 Å². The summed E-state index contributed by atoms with van der Waals surface area (Å²) in [7, 11) is 0. The first-order valence-electron chi connectivity index (χ1n) is 8.42. The molecule has 6 nitrogen and oxygen atoms in total. The van der Waals surface area contributed by atoms with Crippen molar-refractivity contribution in [2.24, 2.45) is 0 Å². The Kier molecular flexibility index (Phi) is 6.18. The van der Waals surface area contributed by atoms with E-state index in [4.69, 9.17) is 28.9 Å². The molecule has 1 aromatic carbocycles. The molecule has 134 valence electrons. The average molecular weight is 381 g/mol. The van der Waals surface area contributed by atoms with Crippen LogP contribution in [-0.2, 0) is 0 Å². The molecule has 2 aromatic rings. The number of hydrogen-bond acceptors (Lipinski definition) is 6. The number of likely N-dealkylation sites (tertiary alicyclic amines) is 1. The van der Waals surface area contributed by atoms with Gasteiger partial charge in [-0.25, -0.2) is 9.97 Å². The Morgan fingerprint density at radius 2 is 1.84 bits per heavy atom. The zero-order chi connectivity index (χ0) is 17.6. The number of aromatic nitrogens is 2. The Balaban J connectivity index is 1.63. The standard InChI is InChI=1S/C17H22Cl2N6/c18-12-4-5-14(13(19)10-12)24-17-15(20)16(22-11-23-17)21-6-9-25-7-2-1-3-8-25/h4-5,10-11H,1-3,6-9,20H2,(H2,21,22,23,24). The van der Waals surface area contributed by atoms with Crippen LogP contribution < -0.4 is 16.4 Å². The first-order valence-corrected chi connectivity index (χ1v) is 9.18. The van der Waals surface area contributed by atoms with Gasteiger partial charge >= 0.3 is 0 Å². The van der Waals surface area contributed by atoms with Crippen LogP contribution in [0.5, 0.6) is 0 Å². The van der Waals surface area contributed by atoms with E-state index in [2.05, 4.69) is 25.5 Å². The SMILES string of the molecule is Nc1c(NCCN2CCCCC2)ncnc1Nc1ccc(Cl)cc1Cl. The molecule has 0 spiro atoms. The number of benzene rings is 1. The Morgan fingerprint density at radius 1 is 1.08 bits per heavy atom. The fourth-order valence-corrected chi connectivity index (χ4v) is 3.33. The third-order valence-electron chi connectivity index (χ3n) is 4.24. The molecule has 3 rings (SSSR count). The second kappa shape index (κ2) is 8.56. The summed E-state index contributed by atoms with van der Waals surface area (Å²) in [5.74, 6) is 1.14. The van der Waals surface area contributed by atoms with Crippen LogP contribution in [0.25, 0.3) is 0 Å². The Hall–Kier alpha value is -1.76. The summed E-state index contributed by atoms with van der Waals surface area (Å²) in [4.78, 5) is 10.9. The molecular weight excluding hydrogens is 359 g/mol. The van der Waals surface area contributed by atoms with E-state index in [9.17, 15) is 0 Å². The summed E-state index contributed by atoms with van der Waals surface area (Å²) in [5, 5.41) is 7.51. The first-order chi connectivity index (χ1) is 12.1. The summed E-state index contributed by atoms with van der Waals surface area (Å²) in [5.41, 5.74) is 7.35. The molecule has 0 amide bonds. The fourth-order valence-electron chi connectivity index (χ4n) is 2.87. The molecule has 0 atom stereocenters. The largest absolute Gasteiger partial charge is 0.393 e. The third kappa shape index (κ3) is 4.87. The zero-order valence-electron chi connectivity index (χ0n) is 13.9. The Bertz CT molecular complexity index is 718. The van der Waals surface area contributed by atoms with Crippen LogP contribution in [0.3, 0.4) is 0 Å². The molecule has 0 radical (unpaired) electrons. The van der Waals surface area contributed by atoms with Crippen LogP contribution in [0.4, 0.5) is 23.0 Å². The monoisotopic (exact) mass is 380 g/mol. The van der Waals surface area contributed by atoms with Gasteiger partial charge in [-0.15, -0.1) is 0 Å². The second-order valence-electron chi connectivity index (χ2n) is 6.06. The third-order valence-corrected chi connectivity index (χ3v) is 4.79. The highest BCUT2D eigenvalue weighted by molar-refractivity contribution is 6.36. The van der Waals surface area contributed by atoms with Gasteiger partial charge in [0.2, 0.25) is 0 Å². The number of anilines is 4. The van der Waals surface area contributed by atoms with E-state index < -0.39 is 0 Å². The summed E-state index contributed by atoms with van der Waals surface area (Å²) in [6.45, 7) is 4.11. The summed E-state index contributed by atoms with van der Waals surface area (Å²) < 4.78 is 0. The van der Waals surface area contributed by atoms with Gasteiger partial charge in [0.1, 0.15) is 12.0 Å². The Morgan fingerprint density at radius 3 is 2.60 bits per heavy atom. The molecule has 1 saturated heterocycles. The molecule has 1 aromatic heterocycles. The van der Waals surface area contributed by atoms with E-state index in [1.807, 2.05) is 0 Å². The highest BCUT2D eigenvalue weighted by Gasteiger charge is 2.12. The maximum atomic E-state index is 6.20. The lowest BCUT2D eigenvalue weighted by Crippen LogP contribution is -2.33. The molecule has 1 aliphatic rings. The van der Waals surface area contributed by atoms with Crippen molar-refractivity contribution in [1.29, 1.82) is 0 Å². The maximum Gasteiger partial charge on any atom is 0.159 e. The minimum Gasteiger partial charge on any atom is -0.393 e. The smallest absolute Gasteiger partial charge is 0.159 e. The molecule has 0 saturated carbocycles. The highest BCUT2D eigenvalue weighted by Crippen LogP contribution is 2.31. The topological polar surface area (TPSA) is 79.1 Å². The number of nitrogens with two attached hydrogens (primary N) is 1. The van der Waals surface area contributed by atoms with Gasteiger partial charge in [0.05, 0.1) is 10.7 Å². The van der Waals surface area contributed by atoms with E-state index in [1.165, 1.54) is 38.7 Å². The van der Waals surface area contributed by atoms with E-state index in [0.717, 1.165) is 13.1 Å². The van der Waals surface area contributed by atoms with E-state index in [-0.39, 0.29) is 0 Å². The molecule has 8 heteroatoms. The molecule has 1 fully saturated rings. The van der Waals surface area contributed by atoms with Crippen LogP contribution in [-0.4, -0.2) is 41.0 Å².